The Balaban J connectivity index is 1.64. The number of nitrogens with zero attached hydrogens (tertiary/aromatic N) is 1. The van der Waals surface area contributed by atoms with E-state index in [1.807, 2.05) is 54.6 Å². The molecule has 3 aromatic carbocycles. The van der Waals surface area contributed by atoms with E-state index in [0.29, 0.717) is 36.0 Å². The number of carbonyl (C=O) groups is 1. The van der Waals surface area contributed by atoms with Crippen molar-refractivity contribution in [2.45, 2.75) is 6.61 Å². The Morgan fingerprint density at radius 1 is 0.968 bits per heavy atom. The van der Waals surface area contributed by atoms with Gasteiger partial charge in [0.1, 0.15) is 19.0 Å². The van der Waals surface area contributed by atoms with Gasteiger partial charge in [-0.05, 0) is 35.9 Å². The summed E-state index contributed by atoms with van der Waals surface area (Å²) in [4.78, 5) is 12.5. The minimum absolute atomic E-state index is 0.367. The van der Waals surface area contributed by atoms with Crippen LogP contribution in [0.4, 0.5) is 0 Å². The van der Waals surface area contributed by atoms with Gasteiger partial charge in [0.05, 0.1) is 13.3 Å². The van der Waals surface area contributed by atoms with Crippen molar-refractivity contribution >= 4 is 12.1 Å². The third-order valence-electron chi connectivity index (χ3n) is 4.31. The lowest BCUT2D eigenvalue weighted by Gasteiger charge is -2.12. The number of rotatable bonds is 10. The Kier molecular flexibility index (Phi) is 7.83. The molecular formula is C25H24N2O4. The molecule has 0 fully saturated rings. The van der Waals surface area contributed by atoms with Gasteiger partial charge in [0.15, 0.2) is 11.5 Å². The van der Waals surface area contributed by atoms with Crippen LogP contribution in [0.5, 0.6) is 17.2 Å². The van der Waals surface area contributed by atoms with Crippen molar-refractivity contribution < 1.29 is 19.0 Å². The minimum atomic E-state index is -0.367. The van der Waals surface area contributed by atoms with Crippen LogP contribution in [0.2, 0.25) is 0 Å². The van der Waals surface area contributed by atoms with E-state index in [0.717, 1.165) is 11.1 Å². The van der Waals surface area contributed by atoms with Gasteiger partial charge in [-0.15, -0.1) is 0 Å². The molecule has 0 saturated heterocycles. The summed E-state index contributed by atoms with van der Waals surface area (Å²) in [7, 11) is 1.53. The monoisotopic (exact) mass is 416 g/mol. The van der Waals surface area contributed by atoms with E-state index in [1.54, 1.807) is 24.3 Å². The number of carbonyl (C=O) groups excluding carboxylic acids is 1. The molecule has 0 radical (unpaired) electrons. The third-order valence-corrected chi connectivity index (χ3v) is 4.31. The Morgan fingerprint density at radius 3 is 2.52 bits per heavy atom. The molecule has 1 amide bonds. The van der Waals surface area contributed by atoms with E-state index in [9.17, 15) is 4.79 Å². The summed E-state index contributed by atoms with van der Waals surface area (Å²) in [5, 5.41) is 4.04. The van der Waals surface area contributed by atoms with Gasteiger partial charge in [-0.3, -0.25) is 4.79 Å². The summed E-state index contributed by atoms with van der Waals surface area (Å²) in [6, 6.07) is 22.2. The SMILES string of the molecule is C=CCOc1ccccc1/C=N/NC(=O)c1ccc(OCc2ccccc2)c(OC)c1. The first-order valence-electron chi connectivity index (χ1n) is 9.72. The van der Waals surface area contributed by atoms with Crippen molar-refractivity contribution in [3.63, 3.8) is 0 Å². The van der Waals surface area contributed by atoms with Gasteiger partial charge >= 0.3 is 0 Å². The van der Waals surface area contributed by atoms with E-state index in [4.69, 9.17) is 14.2 Å². The number of methoxy groups -OCH3 is 1. The molecule has 0 heterocycles. The first-order valence-corrected chi connectivity index (χ1v) is 9.72. The van der Waals surface area contributed by atoms with Crippen LogP contribution in [0.3, 0.4) is 0 Å². The fourth-order valence-electron chi connectivity index (χ4n) is 2.76. The van der Waals surface area contributed by atoms with Gasteiger partial charge in [0.25, 0.3) is 5.91 Å². The van der Waals surface area contributed by atoms with Crippen LogP contribution in [0.15, 0.2) is 90.6 Å². The van der Waals surface area contributed by atoms with Crippen molar-refractivity contribution in [2.24, 2.45) is 5.10 Å². The second-order valence-corrected chi connectivity index (χ2v) is 6.48. The number of amides is 1. The zero-order chi connectivity index (χ0) is 21.9. The Labute approximate surface area is 181 Å². The van der Waals surface area contributed by atoms with Crippen LogP contribution < -0.4 is 19.6 Å². The highest BCUT2D eigenvalue weighted by atomic mass is 16.5. The lowest BCUT2D eigenvalue weighted by molar-refractivity contribution is 0.0954. The summed E-state index contributed by atoms with van der Waals surface area (Å²) in [5.41, 5.74) is 4.70. The van der Waals surface area contributed by atoms with Crippen LogP contribution >= 0.6 is 0 Å². The second kappa shape index (κ2) is 11.2. The summed E-state index contributed by atoms with van der Waals surface area (Å²) in [6.07, 6.45) is 3.20. The minimum Gasteiger partial charge on any atom is -0.493 e. The maximum absolute atomic E-state index is 12.5. The molecule has 31 heavy (non-hydrogen) atoms. The average molecular weight is 416 g/mol. The number of benzene rings is 3. The van der Waals surface area contributed by atoms with Crippen LogP contribution in [-0.4, -0.2) is 25.8 Å². The predicted octanol–water partition coefficient (Wildman–Crippen LogP) is 4.60. The summed E-state index contributed by atoms with van der Waals surface area (Å²) < 4.78 is 16.8. The van der Waals surface area contributed by atoms with E-state index in [1.165, 1.54) is 13.3 Å². The number of ether oxygens (including phenoxy) is 3. The first-order chi connectivity index (χ1) is 15.2. The molecule has 1 N–H and O–H groups in total. The number of hydrogen-bond acceptors (Lipinski definition) is 5. The van der Waals surface area contributed by atoms with E-state index < -0.39 is 0 Å². The number of hydrazone groups is 1. The predicted molar refractivity (Wildman–Crippen MR) is 121 cm³/mol. The van der Waals surface area contributed by atoms with E-state index in [-0.39, 0.29) is 5.91 Å². The Morgan fingerprint density at radius 2 is 1.74 bits per heavy atom. The van der Waals surface area contributed by atoms with Gasteiger partial charge in [0, 0.05) is 11.1 Å². The van der Waals surface area contributed by atoms with Crippen molar-refractivity contribution in [1.29, 1.82) is 0 Å². The molecule has 0 saturated carbocycles. The summed E-state index contributed by atoms with van der Waals surface area (Å²) >= 11 is 0. The number of para-hydroxylation sites is 1. The van der Waals surface area contributed by atoms with Gasteiger partial charge < -0.3 is 14.2 Å². The van der Waals surface area contributed by atoms with Crippen molar-refractivity contribution in [2.75, 3.05) is 13.7 Å². The molecule has 3 rings (SSSR count). The van der Waals surface area contributed by atoms with Crippen LogP contribution in [0.25, 0.3) is 0 Å². The highest BCUT2D eigenvalue weighted by Crippen LogP contribution is 2.29. The molecule has 0 aliphatic heterocycles. The average Bonchev–Trinajstić information content (AvgIpc) is 2.82. The van der Waals surface area contributed by atoms with Crippen LogP contribution in [0.1, 0.15) is 21.5 Å². The molecule has 0 bridgehead atoms. The van der Waals surface area contributed by atoms with Gasteiger partial charge in [-0.1, -0.05) is 55.1 Å². The molecule has 0 aliphatic rings. The Bertz CT molecular complexity index is 1050. The molecule has 0 unspecified atom stereocenters. The van der Waals surface area contributed by atoms with E-state index >= 15 is 0 Å². The molecule has 0 atom stereocenters. The summed E-state index contributed by atoms with van der Waals surface area (Å²) in [5.74, 6) is 1.31. The zero-order valence-corrected chi connectivity index (χ0v) is 17.3. The fourth-order valence-corrected chi connectivity index (χ4v) is 2.76. The summed E-state index contributed by atoms with van der Waals surface area (Å²) in [6.45, 7) is 4.42. The van der Waals surface area contributed by atoms with Gasteiger partial charge in [-0.25, -0.2) is 5.43 Å². The highest BCUT2D eigenvalue weighted by Gasteiger charge is 2.11. The maximum atomic E-state index is 12.5. The highest BCUT2D eigenvalue weighted by molar-refractivity contribution is 5.95. The first kappa shape index (κ1) is 21.6. The quantitative estimate of drug-likeness (QED) is 0.298. The van der Waals surface area contributed by atoms with Gasteiger partial charge in [-0.2, -0.15) is 5.10 Å². The molecule has 3 aromatic rings. The zero-order valence-electron chi connectivity index (χ0n) is 17.3. The molecule has 6 heteroatoms. The Hall–Kier alpha value is -4.06. The van der Waals surface area contributed by atoms with Crippen LogP contribution in [0, 0.1) is 0 Å². The molecule has 6 nitrogen and oxygen atoms in total. The fraction of sp³-hybridized carbons (Fsp3) is 0.120. The molecule has 158 valence electrons. The van der Waals surface area contributed by atoms with Crippen molar-refractivity contribution in [3.8, 4) is 17.2 Å². The standard InChI is InChI=1S/C25H24N2O4/c1-3-15-30-22-12-8-7-11-21(22)17-26-27-25(28)20-13-14-23(24(16-20)29-2)31-18-19-9-5-4-6-10-19/h3-14,16-17H,1,15,18H2,2H3,(H,27,28)/b26-17+. The van der Waals surface area contributed by atoms with E-state index in [2.05, 4.69) is 17.1 Å². The van der Waals surface area contributed by atoms with Gasteiger partial charge in [0.2, 0.25) is 0 Å². The second-order valence-electron chi connectivity index (χ2n) is 6.48. The smallest absolute Gasteiger partial charge is 0.271 e. The lowest BCUT2D eigenvalue weighted by atomic mass is 10.2. The van der Waals surface area contributed by atoms with Crippen LogP contribution in [-0.2, 0) is 6.61 Å². The van der Waals surface area contributed by atoms with Crippen molar-refractivity contribution in [1.82, 2.24) is 5.43 Å². The third kappa shape index (κ3) is 6.21. The number of hydrogen-bond donors (Lipinski definition) is 1. The number of nitrogens with one attached hydrogen (secondary N) is 1. The van der Waals surface area contributed by atoms with Crippen molar-refractivity contribution in [3.05, 3.63) is 102 Å². The lowest BCUT2D eigenvalue weighted by Crippen LogP contribution is -2.17. The molecule has 0 spiro atoms. The molecular weight excluding hydrogens is 392 g/mol. The topological polar surface area (TPSA) is 69.2 Å². The molecule has 0 aliphatic carbocycles. The largest absolute Gasteiger partial charge is 0.493 e. The molecule has 0 aromatic heterocycles. The normalized spacial score (nSPS) is 10.5. The maximum Gasteiger partial charge on any atom is 0.271 e.